The number of amides is 2. The van der Waals surface area contributed by atoms with Crippen molar-refractivity contribution in [1.29, 1.82) is 0 Å². The van der Waals surface area contributed by atoms with Crippen LogP contribution in [0.1, 0.15) is 17.3 Å². The van der Waals surface area contributed by atoms with Gasteiger partial charge in [0.1, 0.15) is 11.8 Å². The van der Waals surface area contributed by atoms with E-state index < -0.39 is 17.9 Å². The summed E-state index contributed by atoms with van der Waals surface area (Å²) >= 11 is 0. The summed E-state index contributed by atoms with van der Waals surface area (Å²) in [7, 11) is 0. The Hall–Kier alpha value is -3.35. The molecule has 130 valence electrons. The third-order valence-electron chi connectivity index (χ3n) is 3.25. The second kappa shape index (κ2) is 8.49. The van der Waals surface area contributed by atoms with Crippen molar-refractivity contribution < 1.29 is 24.2 Å². The Bertz CT molecular complexity index is 761. The van der Waals surface area contributed by atoms with E-state index in [1.165, 1.54) is 6.92 Å². The van der Waals surface area contributed by atoms with Crippen LogP contribution in [0.25, 0.3) is 0 Å². The summed E-state index contributed by atoms with van der Waals surface area (Å²) in [6, 6.07) is 14.3. The molecule has 0 saturated heterocycles. The topological polar surface area (TPSA) is 105 Å². The number of carbonyl (C=O) groups excluding carboxylic acids is 2. The zero-order valence-electron chi connectivity index (χ0n) is 13.6. The van der Waals surface area contributed by atoms with E-state index in [2.05, 4.69) is 10.6 Å². The summed E-state index contributed by atoms with van der Waals surface area (Å²) in [6.45, 7) is 1.04. The van der Waals surface area contributed by atoms with Crippen molar-refractivity contribution >= 4 is 23.5 Å². The molecule has 0 heterocycles. The van der Waals surface area contributed by atoms with Gasteiger partial charge in [-0.2, -0.15) is 0 Å². The summed E-state index contributed by atoms with van der Waals surface area (Å²) in [4.78, 5) is 34.4. The largest absolute Gasteiger partial charge is 0.484 e. The van der Waals surface area contributed by atoms with Gasteiger partial charge in [-0.15, -0.1) is 0 Å². The van der Waals surface area contributed by atoms with Crippen molar-refractivity contribution in [2.45, 2.75) is 13.0 Å². The van der Waals surface area contributed by atoms with Gasteiger partial charge in [0.15, 0.2) is 6.61 Å². The van der Waals surface area contributed by atoms with Gasteiger partial charge >= 0.3 is 5.97 Å². The van der Waals surface area contributed by atoms with Gasteiger partial charge in [-0.1, -0.05) is 24.3 Å². The Kier molecular flexibility index (Phi) is 6.11. The molecule has 2 aromatic carbocycles. The second-order valence-corrected chi connectivity index (χ2v) is 5.26. The molecule has 0 aliphatic carbocycles. The van der Waals surface area contributed by atoms with Gasteiger partial charge in [0.2, 0.25) is 0 Å². The van der Waals surface area contributed by atoms with Crippen molar-refractivity contribution in [3.8, 4) is 5.75 Å². The quantitative estimate of drug-likeness (QED) is 0.713. The fourth-order valence-corrected chi connectivity index (χ4v) is 1.95. The molecule has 3 N–H and O–H groups in total. The summed E-state index contributed by atoms with van der Waals surface area (Å²) in [5.74, 6) is -1.55. The lowest BCUT2D eigenvalue weighted by molar-refractivity contribution is -0.141. The minimum absolute atomic E-state index is 0.259. The number of aliphatic carboxylic acids is 1. The van der Waals surface area contributed by atoms with Gasteiger partial charge in [-0.25, -0.2) is 0 Å². The number of hydrogen-bond acceptors (Lipinski definition) is 4. The minimum Gasteiger partial charge on any atom is -0.484 e. The minimum atomic E-state index is -1.13. The van der Waals surface area contributed by atoms with Crippen molar-refractivity contribution in [2.24, 2.45) is 0 Å². The van der Waals surface area contributed by atoms with Crippen molar-refractivity contribution in [1.82, 2.24) is 5.32 Å². The first-order valence-electron chi connectivity index (χ1n) is 7.57. The van der Waals surface area contributed by atoms with E-state index in [9.17, 15) is 14.4 Å². The summed E-state index contributed by atoms with van der Waals surface area (Å²) in [5, 5.41) is 13.8. The van der Waals surface area contributed by atoms with E-state index in [1.54, 1.807) is 48.5 Å². The first-order chi connectivity index (χ1) is 12.0. The summed E-state index contributed by atoms with van der Waals surface area (Å²) < 4.78 is 5.32. The Balaban J connectivity index is 1.91. The first-order valence-corrected chi connectivity index (χ1v) is 7.57. The molecule has 0 aliphatic rings. The fraction of sp³-hybridized carbons (Fsp3) is 0.167. The zero-order valence-corrected chi connectivity index (χ0v) is 13.6. The second-order valence-electron chi connectivity index (χ2n) is 5.26. The van der Waals surface area contributed by atoms with Crippen LogP contribution in [-0.2, 0) is 9.59 Å². The Morgan fingerprint density at radius 1 is 1.08 bits per heavy atom. The molecule has 0 bridgehead atoms. The zero-order chi connectivity index (χ0) is 18.2. The summed E-state index contributed by atoms with van der Waals surface area (Å²) in [5.41, 5.74) is 1.04. The molecule has 0 spiro atoms. The van der Waals surface area contributed by atoms with E-state index in [4.69, 9.17) is 9.84 Å². The van der Waals surface area contributed by atoms with Gasteiger partial charge in [-0.3, -0.25) is 14.4 Å². The van der Waals surface area contributed by atoms with Crippen LogP contribution in [0.4, 0.5) is 5.69 Å². The molecular formula is C18H18N2O5. The number of benzene rings is 2. The number of ether oxygens (including phenoxy) is 1. The molecule has 0 aromatic heterocycles. The molecule has 7 nitrogen and oxygen atoms in total. The van der Waals surface area contributed by atoms with E-state index in [-0.39, 0.29) is 12.5 Å². The third-order valence-corrected chi connectivity index (χ3v) is 3.25. The highest BCUT2D eigenvalue weighted by Gasteiger charge is 2.14. The number of rotatable bonds is 7. The number of anilines is 1. The molecular weight excluding hydrogens is 324 g/mol. The molecule has 0 fully saturated rings. The highest BCUT2D eigenvalue weighted by atomic mass is 16.5. The lowest BCUT2D eigenvalue weighted by atomic mass is 10.2. The molecule has 0 radical (unpaired) electrons. The fourth-order valence-electron chi connectivity index (χ4n) is 1.95. The molecule has 0 aliphatic heterocycles. The van der Waals surface area contributed by atoms with Crippen LogP contribution in [0.3, 0.4) is 0 Å². The van der Waals surface area contributed by atoms with Gasteiger partial charge in [0.25, 0.3) is 11.8 Å². The molecule has 2 amide bonds. The predicted octanol–water partition coefficient (Wildman–Crippen LogP) is 1.91. The standard InChI is InChI=1S/C18H18N2O5/c1-12(18(23)24)19-16(21)11-25-15-9-5-8-14(10-15)20-17(22)13-6-3-2-4-7-13/h2-10,12H,11H2,1H3,(H,19,21)(H,20,22)(H,23,24). The maximum atomic E-state index is 12.1. The highest BCUT2D eigenvalue weighted by molar-refractivity contribution is 6.04. The van der Waals surface area contributed by atoms with Gasteiger partial charge in [0.05, 0.1) is 0 Å². The van der Waals surface area contributed by atoms with Gasteiger partial charge < -0.3 is 20.5 Å². The predicted molar refractivity (Wildman–Crippen MR) is 91.6 cm³/mol. The van der Waals surface area contributed by atoms with Crippen LogP contribution >= 0.6 is 0 Å². The Labute approximate surface area is 144 Å². The molecule has 25 heavy (non-hydrogen) atoms. The first kappa shape index (κ1) is 18.0. The molecule has 2 rings (SSSR count). The smallest absolute Gasteiger partial charge is 0.325 e. The third kappa shape index (κ3) is 5.65. The molecule has 0 saturated carbocycles. The lowest BCUT2D eigenvalue weighted by Gasteiger charge is -2.11. The van der Waals surface area contributed by atoms with E-state index in [1.807, 2.05) is 6.07 Å². The van der Waals surface area contributed by atoms with Crippen LogP contribution in [-0.4, -0.2) is 35.5 Å². The maximum Gasteiger partial charge on any atom is 0.325 e. The van der Waals surface area contributed by atoms with Crippen molar-refractivity contribution in [3.05, 3.63) is 60.2 Å². The SMILES string of the molecule is CC(NC(=O)COc1cccc(NC(=O)c2ccccc2)c1)C(=O)O. The van der Waals surface area contributed by atoms with Crippen LogP contribution in [0.15, 0.2) is 54.6 Å². The number of hydrogen-bond donors (Lipinski definition) is 3. The monoisotopic (exact) mass is 342 g/mol. The van der Waals surface area contributed by atoms with Crippen LogP contribution < -0.4 is 15.4 Å². The van der Waals surface area contributed by atoms with Crippen LogP contribution in [0.5, 0.6) is 5.75 Å². The average Bonchev–Trinajstić information content (AvgIpc) is 2.61. The van der Waals surface area contributed by atoms with Crippen LogP contribution in [0.2, 0.25) is 0 Å². The molecule has 2 aromatic rings. The number of carbonyl (C=O) groups is 3. The van der Waals surface area contributed by atoms with E-state index >= 15 is 0 Å². The van der Waals surface area contributed by atoms with Crippen LogP contribution in [0, 0.1) is 0 Å². The molecule has 1 unspecified atom stereocenters. The Morgan fingerprint density at radius 2 is 1.80 bits per heavy atom. The van der Waals surface area contributed by atoms with E-state index in [0.29, 0.717) is 17.0 Å². The lowest BCUT2D eigenvalue weighted by Crippen LogP contribution is -2.40. The van der Waals surface area contributed by atoms with Crippen molar-refractivity contribution in [2.75, 3.05) is 11.9 Å². The number of nitrogens with one attached hydrogen (secondary N) is 2. The number of carboxylic acids is 1. The van der Waals surface area contributed by atoms with Gasteiger partial charge in [0, 0.05) is 17.3 Å². The average molecular weight is 342 g/mol. The van der Waals surface area contributed by atoms with E-state index in [0.717, 1.165) is 0 Å². The number of carboxylic acid groups (broad SMARTS) is 1. The maximum absolute atomic E-state index is 12.1. The molecule has 7 heteroatoms. The highest BCUT2D eigenvalue weighted by Crippen LogP contribution is 2.18. The molecule has 1 atom stereocenters. The normalized spacial score (nSPS) is 11.2. The Morgan fingerprint density at radius 3 is 2.48 bits per heavy atom. The van der Waals surface area contributed by atoms with Crippen molar-refractivity contribution in [3.63, 3.8) is 0 Å². The summed E-state index contributed by atoms with van der Waals surface area (Å²) in [6.07, 6.45) is 0. The van der Waals surface area contributed by atoms with Gasteiger partial charge in [-0.05, 0) is 31.2 Å².